The van der Waals surface area contributed by atoms with Gasteiger partial charge in [0.25, 0.3) is 5.91 Å². The molecule has 3 rings (SSSR count). The predicted octanol–water partition coefficient (Wildman–Crippen LogP) is 2.91. The molecule has 1 aromatic heterocycles. The molecule has 1 aliphatic rings. The van der Waals surface area contributed by atoms with E-state index in [1.165, 1.54) is 30.5 Å². The SMILES string of the molecule is O=C(COc1ccc(F)cc1)N1CCC[C@@H]1C[C@@H](O)c1ccco1. The molecule has 0 aliphatic carbocycles. The molecule has 1 saturated heterocycles. The molecule has 2 heterocycles. The van der Waals surface area contributed by atoms with Crippen LogP contribution in [0, 0.1) is 5.82 Å². The smallest absolute Gasteiger partial charge is 0.260 e. The summed E-state index contributed by atoms with van der Waals surface area (Å²) in [5, 5.41) is 10.2. The molecular formula is C18H20FNO4. The minimum atomic E-state index is -0.726. The number of benzene rings is 1. The maximum atomic E-state index is 12.9. The number of hydrogen-bond acceptors (Lipinski definition) is 4. The second-order valence-corrected chi connectivity index (χ2v) is 5.89. The molecule has 0 radical (unpaired) electrons. The van der Waals surface area contributed by atoms with Gasteiger partial charge in [0.1, 0.15) is 23.4 Å². The van der Waals surface area contributed by atoms with E-state index in [9.17, 15) is 14.3 Å². The van der Waals surface area contributed by atoms with Crippen molar-refractivity contribution in [3.05, 3.63) is 54.2 Å². The molecular weight excluding hydrogens is 313 g/mol. The number of ether oxygens (including phenoxy) is 1. The Morgan fingerprint density at radius 1 is 1.38 bits per heavy atom. The second-order valence-electron chi connectivity index (χ2n) is 5.89. The van der Waals surface area contributed by atoms with Gasteiger partial charge in [0.15, 0.2) is 6.61 Å². The van der Waals surface area contributed by atoms with Gasteiger partial charge in [-0.2, -0.15) is 0 Å². The molecule has 5 nitrogen and oxygen atoms in total. The monoisotopic (exact) mass is 333 g/mol. The fraction of sp³-hybridized carbons (Fsp3) is 0.389. The highest BCUT2D eigenvalue weighted by Crippen LogP contribution is 2.27. The Kier molecular flexibility index (Phi) is 5.15. The van der Waals surface area contributed by atoms with Gasteiger partial charge in [0, 0.05) is 19.0 Å². The van der Waals surface area contributed by atoms with E-state index in [0.717, 1.165) is 12.8 Å². The molecule has 0 bridgehead atoms. The zero-order valence-corrected chi connectivity index (χ0v) is 13.2. The largest absolute Gasteiger partial charge is 0.484 e. The second kappa shape index (κ2) is 7.49. The van der Waals surface area contributed by atoms with Gasteiger partial charge in [-0.3, -0.25) is 4.79 Å². The van der Waals surface area contributed by atoms with E-state index in [2.05, 4.69) is 0 Å². The van der Waals surface area contributed by atoms with Crippen molar-refractivity contribution in [2.45, 2.75) is 31.4 Å². The number of halogens is 1. The number of hydrogen-bond donors (Lipinski definition) is 1. The first kappa shape index (κ1) is 16.5. The first-order valence-electron chi connectivity index (χ1n) is 8.03. The number of aliphatic hydroxyl groups excluding tert-OH is 1. The first-order chi connectivity index (χ1) is 11.6. The minimum Gasteiger partial charge on any atom is -0.484 e. The van der Waals surface area contributed by atoms with Gasteiger partial charge < -0.3 is 19.2 Å². The Bertz CT molecular complexity index is 656. The van der Waals surface area contributed by atoms with Crippen LogP contribution in [0.5, 0.6) is 5.75 Å². The molecule has 0 spiro atoms. The van der Waals surface area contributed by atoms with Crippen LogP contribution in [0.2, 0.25) is 0 Å². The van der Waals surface area contributed by atoms with E-state index in [1.807, 2.05) is 0 Å². The molecule has 24 heavy (non-hydrogen) atoms. The molecule has 1 fully saturated rings. The molecule has 2 aromatic rings. The maximum Gasteiger partial charge on any atom is 0.260 e. The number of furan rings is 1. The normalized spacial score (nSPS) is 18.6. The third-order valence-corrected chi connectivity index (χ3v) is 4.24. The van der Waals surface area contributed by atoms with Crippen molar-refractivity contribution in [2.75, 3.05) is 13.2 Å². The van der Waals surface area contributed by atoms with Gasteiger partial charge in [-0.15, -0.1) is 0 Å². The van der Waals surface area contributed by atoms with Gasteiger partial charge in [0.2, 0.25) is 0 Å². The molecule has 1 N–H and O–H groups in total. The van der Waals surface area contributed by atoms with Crippen LogP contribution in [-0.4, -0.2) is 35.1 Å². The Morgan fingerprint density at radius 3 is 2.88 bits per heavy atom. The van der Waals surface area contributed by atoms with E-state index in [0.29, 0.717) is 24.5 Å². The molecule has 2 atom stereocenters. The van der Waals surface area contributed by atoms with Gasteiger partial charge in [0.05, 0.1) is 6.26 Å². The van der Waals surface area contributed by atoms with Gasteiger partial charge in [-0.25, -0.2) is 4.39 Å². The molecule has 1 aliphatic heterocycles. The summed E-state index contributed by atoms with van der Waals surface area (Å²) < 4.78 is 23.5. The Labute approximate surface area is 139 Å². The Balaban J connectivity index is 1.54. The van der Waals surface area contributed by atoms with Gasteiger partial charge >= 0.3 is 0 Å². The highest BCUT2D eigenvalue weighted by atomic mass is 19.1. The van der Waals surface area contributed by atoms with E-state index in [1.54, 1.807) is 17.0 Å². The van der Waals surface area contributed by atoms with Crippen LogP contribution >= 0.6 is 0 Å². The molecule has 1 amide bonds. The lowest BCUT2D eigenvalue weighted by Gasteiger charge is -2.26. The van der Waals surface area contributed by atoms with Crippen LogP contribution in [-0.2, 0) is 4.79 Å². The summed E-state index contributed by atoms with van der Waals surface area (Å²) in [7, 11) is 0. The number of likely N-dealkylation sites (tertiary alicyclic amines) is 1. The number of rotatable bonds is 6. The lowest BCUT2D eigenvalue weighted by molar-refractivity contribution is -0.134. The van der Waals surface area contributed by atoms with Crippen molar-refractivity contribution in [3.63, 3.8) is 0 Å². The van der Waals surface area contributed by atoms with Crippen LogP contribution in [0.3, 0.4) is 0 Å². The topological polar surface area (TPSA) is 62.9 Å². The summed E-state index contributed by atoms with van der Waals surface area (Å²) >= 11 is 0. The molecule has 6 heteroatoms. The number of nitrogens with zero attached hydrogens (tertiary/aromatic N) is 1. The van der Waals surface area contributed by atoms with E-state index < -0.39 is 6.10 Å². The zero-order chi connectivity index (χ0) is 16.9. The fourth-order valence-electron chi connectivity index (χ4n) is 3.02. The fourth-order valence-corrected chi connectivity index (χ4v) is 3.02. The highest BCUT2D eigenvalue weighted by molar-refractivity contribution is 5.78. The lowest BCUT2D eigenvalue weighted by atomic mass is 10.1. The minimum absolute atomic E-state index is 0.0329. The zero-order valence-electron chi connectivity index (χ0n) is 13.2. The van der Waals surface area contributed by atoms with Crippen molar-refractivity contribution < 1.29 is 23.4 Å². The quantitative estimate of drug-likeness (QED) is 0.883. The number of carbonyl (C=O) groups excluding carboxylic acids is 1. The van der Waals surface area contributed by atoms with E-state index >= 15 is 0 Å². The van der Waals surface area contributed by atoms with Crippen molar-refractivity contribution in [1.29, 1.82) is 0 Å². The number of amides is 1. The van der Waals surface area contributed by atoms with Crippen LogP contribution in [0.25, 0.3) is 0 Å². The summed E-state index contributed by atoms with van der Waals surface area (Å²) in [4.78, 5) is 14.1. The maximum absolute atomic E-state index is 12.9. The van der Waals surface area contributed by atoms with Crippen molar-refractivity contribution in [2.24, 2.45) is 0 Å². The summed E-state index contributed by atoms with van der Waals surface area (Å²) in [6.45, 7) is 0.556. The van der Waals surface area contributed by atoms with Crippen molar-refractivity contribution in [1.82, 2.24) is 4.90 Å². The summed E-state index contributed by atoms with van der Waals surface area (Å²) in [6.07, 6.45) is 2.98. The Hall–Kier alpha value is -2.34. The van der Waals surface area contributed by atoms with Crippen molar-refractivity contribution in [3.8, 4) is 5.75 Å². The third kappa shape index (κ3) is 3.94. The standard InChI is InChI=1S/C18H20FNO4/c19-13-5-7-15(8-6-13)24-12-18(22)20-9-1-3-14(20)11-16(21)17-4-2-10-23-17/h2,4-8,10,14,16,21H,1,3,9,11-12H2/t14-,16-/m1/s1. The van der Waals surface area contributed by atoms with E-state index in [-0.39, 0.29) is 24.4 Å². The highest BCUT2D eigenvalue weighted by Gasteiger charge is 2.31. The van der Waals surface area contributed by atoms with Crippen LogP contribution < -0.4 is 4.74 Å². The lowest BCUT2D eigenvalue weighted by Crippen LogP contribution is -2.39. The molecule has 0 saturated carbocycles. The van der Waals surface area contributed by atoms with Gasteiger partial charge in [-0.1, -0.05) is 0 Å². The van der Waals surface area contributed by atoms with Gasteiger partial charge in [-0.05, 0) is 49.2 Å². The van der Waals surface area contributed by atoms with Crippen LogP contribution in [0.4, 0.5) is 4.39 Å². The summed E-state index contributed by atoms with van der Waals surface area (Å²) in [6, 6.07) is 8.98. The third-order valence-electron chi connectivity index (χ3n) is 4.24. The number of aliphatic hydroxyl groups is 1. The van der Waals surface area contributed by atoms with Crippen LogP contribution in [0.1, 0.15) is 31.1 Å². The first-order valence-corrected chi connectivity index (χ1v) is 8.03. The molecule has 128 valence electrons. The van der Waals surface area contributed by atoms with E-state index in [4.69, 9.17) is 9.15 Å². The predicted molar refractivity (Wildman–Crippen MR) is 84.9 cm³/mol. The van der Waals surface area contributed by atoms with Crippen molar-refractivity contribution >= 4 is 5.91 Å². The average Bonchev–Trinajstić information content (AvgIpc) is 3.25. The number of carbonyl (C=O) groups is 1. The van der Waals surface area contributed by atoms with Crippen LogP contribution in [0.15, 0.2) is 47.1 Å². The average molecular weight is 333 g/mol. The molecule has 1 aromatic carbocycles. The summed E-state index contributed by atoms with van der Waals surface area (Å²) in [5.74, 6) is 0.488. The Morgan fingerprint density at radius 2 is 2.17 bits per heavy atom. The molecule has 0 unspecified atom stereocenters. The summed E-state index contributed by atoms with van der Waals surface area (Å²) in [5.41, 5.74) is 0.